The van der Waals surface area contributed by atoms with Crippen molar-refractivity contribution in [1.29, 1.82) is 0 Å². The van der Waals surface area contributed by atoms with E-state index in [1.54, 1.807) is 24.3 Å². The maximum atomic E-state index is 13.6. The lowest BCUT2D eigenvalue weighted by Crippen LogP contribution is -2.19. The van der Waals surface area contributed by atoms with Crippen molar-refractivity contribution in [3.8, 4) is 0 Å². The Kier molecular flexibility index (Phi) is 3.48. The number of rotatable bonds is 3. The van der Waals surface area contributed by atoms with Crippen molar-refractivity contribution in [1.82, 2.24) is 0 Å². The van der Waals surface area contributed by atoms with E-state index in [-0.39, 0.29) is 11.7 Å². The van der Waals surface area contributed by atoms with Crippen molar-refractivity contribution in [2.75, 3.05) is 16.4 Å². The van der Waals surface area contributed by atoms with Gasteiger partial charge in [0.1, 0.15) is 5.82 Å². The second-order valence-corrected chi connectivity index (χ2v) is 5.09. The zero-order valence-electron chi connectivity index (χ0n) is 11.4. The Labute approximate surface area is 122 Å². The van der Waals surface area contributed by atoms with Gasteiger partial charge in [-0.05, 0) is 30.2 Å². The Hall–Kier alpha value is -2.56. The van der Waals surface area contributed by atoms with E-state index >= 15 is 0 Å². The molecule has 1 aliphatic heterocycles. The number of amides is 1. The summed E-state index contributed by atoms with van der Waals surface area (Å²) in [6.45, 7) is 0.363. The van der Waals surface area contributed by atoms with Gasteiger partial charge in [-0.1, -0.05) is 18.2 Å². The SMILES string of the molecule is Nc1cc2c(cc1NCc1ccccc1F)CCC(=O)N2. The summed E-state index contributed by atoms with van der Waals surface area (Å²) in [5.41, 5.74) is 9.67. The predicted molar refractivity (Wildman–Crippen MR) is 81.5 cm³/mol. The predicted octanol–water partition coefficient (Wildman–Crippen LogP) is 2.90. The monoisotopic (exact) mass is 285 g/mol. The van der Waals surface area contributed by atoms with E-state index < -0.39 is 0 Å². The molecule has 2 aromatic carbocycles. The highest BCUT2D eigenvalue weighted by atomic mass is 19.1. The number of nitrogens with one attached hydrogen (secondary N) is 2. The first-order chi connectivity index (χ1) is 10.1. The summed E-state index contributed by atoms with van der Waals surface area (Å²) in [5.74, 6) is -0.234. The van der Waals surface area contributed by atoms with Gasteiger partial charge in [-0.3, -0.25) is 4.79 Å². The van der Waals surface area contributed by atoms with Crippen LogP contribution >= 0.6 is 0 Å². The largest absolute Gasteiger partial charge is 0.397 e. The van der Waals surface area contributed by atoms with Crippen molar-refractivity contribution in [2.24, 2.45) is 0 Å². The van der Waals surface area contributed by atoms with E-state index in [9.17, 15) is 9.18 Å². The molecule has 0 bridgehead atoms. The van der Waals surface area contributed by atoms with Gasteiger partial charge in [0.25, 0.3) is 0 Å². The summed E-state index contributed by atoms with van der Waals surface area (Å²) in [4.78, 5) is 11.4. The molecule has 1 aliphatic rings. The van der Waals surface area contributed by atoms with Crippen molar-refractivity contribution < 1.29 is 9.18 Å². The average Bonchev–Trinajstić information content (AvgIpc) is 2.46. The van der Waals surface area contributed by atoms with Crippen LogP contribution in [-0.2, 0) is 17.8 Å². The van der Waals surface area contributed by atoms with Crippen LogP contribution in [0, 0.1) is 5.82 Å². The molecule has 1 heterocycles. The molecule has 1 amide bonds. The normalized spacial score (nSPS) is 13.5. The second-order valence-electron chi connectivity index (χ2n) is 5.09. The number of fused-ring (bicyclic) bond motifs is 1. The number of nitrogens with two attached hydrogens (primary N) is 1. The molecule has 0 saturated heterocycles. The molecule has 0 atom stereocenters. The van der Waals surface area contributed by atoms with Gasteiger partial charge in [-0.25, -0.2) is 4.39 Å². The minimum absolute atomic E-state index is 0.00830. The molecule has 0 spiro atoms. The average molecular weight is 285 g/mol. The molecule has 21 heavy (non-hydrogen) atoms. The van der Waals surface area contributed by atoms with Crippen LogP contribution in [-0.4, -0.2) is 5.91 Å². The van der Waals surface area contributed by atoms with Crippen LogP contribution in [0.5, 0.6) is 0 Å². The highest BCUT2D eigenvalue weighted by Gasteiger charge is 2.16. The maximum Gasteiger partial charge on any atom is 0.224 e. The molecule has 0 fully saturated rings. The van der Waals surface area contributed by atoms with Crippen LogP contribution in [0.1, 0.15) is 17.5 Å². The van der Waals surface area contributed by atoms with E-state index in [1.807, 2.05) is 6.07 Å². The Morgan fingerprint density at radius 3 is 2.86 bits per heavy atom. The van der Waals surface area contributed by atoms with Gasteiger partial charge in [-0.2, -0.15) is 0 Å². The first kappa shape index (κ1) is 13.4. The Balaban J connectivity index is 1.80. The second kappa shape index (κ2) is 5.44. The smallest absolute Gasteiger partial charge is 0.224 e. The molecule has 3 rings (SSSR count). The number of hydrogen-bond donors (Lipinski definition) is 3. The molecule has 108 valence electrons. The zero-order valence-corrected chi connectivity index (χ0v) is 11.4. The number of carbonyl (C=O) groups excluding carboxylic acids is 1. The van der Waals surface area contributed by atoms with Crippen molar-refractivity contribution >= 4 is 23.0 Å². The van der Waals surface area contributed by atoms with Crippen LogP contribution in [0.3, 0.4) is 0 Å². The van der Waals surface area contributed by atoms with Crippen molar-refractivity contribution in [3.63, 3.8) is 0 Å². The number of aryl methyl sites for hydroxylation is 1. The molecule has 4 nitrogen and oxygen atoms in total. The fourth-order valence-electron chi connectivity index (χ4n) is 2.43. The molecule has 0 aliphatic carbocycles. The molecule has 2 aromatic rings. The molecular formula is C16H16FN3O. The van der Waals surface area contributed by atoms with Gasteiger partial charge in [0.2, 0.25) is 5.91 Å². The van der Waals surface area contributed by atoms with E-state index in [2.05, 4.69) is 10.6 Å². The summed E-state index contributed by atoms with van der Waals surface area (Å²) >= 11 is 0. The molecule has 0 radical (unpaired) electrons. The first-order valence-electron chi connectivity index (χ1n) is 6.83. The lowest BCUT2D eigenvalue weighted by molar-refractivity contribution is -0.116. The third-order valence-electron chi connectivity index (χ3n) is 3.60. The summed E-state index contributed by atoms with van der Waals surface area (Å²) in [5, 5.41) is 5.96. The minimum atomic E-state index is -0.242. The highest BCUT2D eigenvalue weighted by Crippen LogP contribution is 2.31. The topological polar surface area (TPSA) is 67.1 Å². The molecule has 5 heteroatoms. The maximum absolute atomic E-state index is 13.6. The number of benzene rings is 2. The minimum Gasteiger partial charge on any atom is -0.397 e. The number of nitrogen functional groups attached to an aromatic ring is 1. The molecule has 4 N–H and O–H groups in total. The lowest BCUT2D eigenvalue weighted by atomic mass is 10.0. The third kappa shape index (κ3) is 2.81. The summed E-state index contributed by atoms with van der Waals surface area (Å²) in [6.07, 6.45) is 1.17. The number of halogens is 1. The summed E-state index contributed by atoms with van der Waals surface area (Å²) in [6, 6.07) is 10.3. The fraction of sp³-hybridized carbons (Fsp3) is 0.188. The standard InChI is InChI=1S/C16H16FN3O/c17-12-4-2-1-3-11(12)9-19-15-7-10-5-6-16(21)20-14(10)8-13(15)18/h1-4,7-8,19H,5-6,9,18H2,(H,20,21). The Morgan fingerprint density at radius 1 is 1.24 bits per heavy atom. The van der Waals surface area contributed by atoms with E-state index in [4.69, 9.17) is 5.73 Å². The van der Waals surface area contributed by atoms with E-state index in [0.717, 1.165) is 16.9 Å². The lowest BCUT2D eigenvalue weighted by Gasteiger charge is -2.20. The van der Waals surface area contributed by atoms with Gasteiger partial charge in [-0.15, -0.1) is 0 Å². The molecule has 0 saturated carbocycles. The third-order valence-corrected chi connectivity index (χ3v) is 3.60. The van der Waals surface area contributed by atoms with Gasteiger partial charge in [0.05, 0.1) is 11.4 Å². The fourth-order valence-corrected chi connectivity index (χ4v) is 2.43. The Morgan fingerprint density at radius 2 is 2.05 bits per heavy atom. The van der Waals surface area contributed by atoms with Crippen LogP contribution < -0.4 is 16.4 Å². The summed E-state index contributed by atoms with van der Waals surface area (Å²) in [7, 11) is 0. The Bertz CT molecular complexity index is 700. The zero-order chi connectivity index (χ0) is 14.8. The van der Waals surface area contributed by atoms with Gasteiger partial charge in [0.15, 0.2) is 0 Å². The number of anilines is 3. The first-order valence-corrected chi connectivity index (χ1v) is 6.83. The van der Waals surface area contributed by atoms with Crippen LogP contribution in [0.25, 0.3) is 0 Å². The number of carbonyl (C=O) groups is 1. The van der Waals surface area contributed by atoms with Gasteiger partial charge in [0, 0.05) is 24.2 Å². The van der Waals surface area contributed by atoms with E-state index in [1.165, 1.54) is 6.07 Å². The molecule has 0 unspecified atom stereocenters. The summed E-state index contributed by atoms with van der Waals surface area (Å²) < 4.78 is 13.6. The molecule has 0 aromatic heterocycles. The quantitative estimate of drug-likeness (QED) is 0.760. The van der Waals surface area contributed by atoms with Crippen LogP contribution in [0.4, 0.5) is 21.5 Å². The van der Waals surface area contributed by atoms with Gasteiger partial charge < -0.3 is 16.4 Å². The molecular weight excluding hydrogens is 269 g/mol. The van der Waals surface area contributed by atoms with Crippen LogP contribution in [0.15, 0.2) is 36.4 Å². The van der Waals surface area contributed by atoms with Crippen molar-refractivity contribution in [2.45, 2.75) is 19.4 Å². The highest BCUT2D eigenvalue weighted by molar-refractivity contribution is 5.95. The number of hydrogen-bond acceptors (Lipinski definition) is 3. The van der Waals surface area contributed by atoms with E-state index in [0.29, 0.717) is 30.6 Å². The van der Waals surface area contributed by atoms with Crippen molar-refractivity contribution in [3.05, 3.63) is 53.3 Å². The van der Waals surface area contributed by atoms with Crippen LogP contribution in [0.2, 0.25) is 0 Å². The van der Waals surface area contributed by atoms with Gasteiger partial charge >= 0.3 is 0 Å².